The van der Waals surface area contributed by atoms with E-state index in [0.29, 0.717) is 5.92 Å². The summed E-state index contributed by atoms with van der Waals surface area (Å²) in [5, 5.41) is 0. The second-order valence-corrected chi connectivity index (χ2v) is 9.26. The summed E-state index contributed by atoms with van der Waals surface area (Å²) in [6.07, 6.45) is 15.9. The van der Waals surface area contributed by atoms with Crippen molar-refractivity contribution >= 4 is 17.3 Å². The van der Waals surface area contributed by atoms with Gasteiger partial charge in [0.2, 0.25) is 0 Å². The van der Waals surface area contributed by atoms with Gasteiger partial charge in [-0.3, -0.25) is 0 Å². The van der Waals surface area contributed by atoms with Crippen LogP contribution in [0.15, 0.2) is 47.6 Å². The zero-order valence-electron chi connectivity index (χ0n) is 10.5. The fourth-order valence-electron chi connectivity index (χ4n) is 2.25. The molecule has 0 nitrogen and oxygen atoms in total. The molecule has 0 aromatic carbocycles. The summed E-state index contributed by atoms with van der Waals surface area (Å²) in [5.74, 6) is 0.631. The van der Waals surface area contributed by atoms with Crippen LogP contribution in [0.5, 0.6) is 0 Å². The van der Waals surface area contributed by atoms with E-state index < -0.39 is 0 Å². The Balaban J connectivity index is 2.21. The Bertz CT molecular complexity index is 471. The van der Waals surface area contributed by atoms with Crippen LogP contribution < -0.4 is 0 Å². The van der Waals surface area contributed by atoms with Crippen molar-refractivity contribution in [2.45, 2.75) is 25.9 Å². The third-order valence-electron chi connectivity index (χ3n) is 3.13. The zero-order chi connectivity index (χ0) is 12.3. The average Bonchev–Trinajstić information content (AvgIpc) is 2.96. The molecule has 2 heteroatoms. The van der Waals surface area contributed by atoms with Gasteiger partial charge in [0.1, 0.15) is 0 Å². The Hall–Kier alpha value is -0.213. The minimum absolute atomic E-state index is 0.283. The van der Waals surface area contributed by atoms with E-state index in [1.54, 1.807) is 14.4 Å². The predicted octanol–water partition coefficient (Wildman–Crippen LogP) is 3.23. The summed E-state index contributed by atoms with van der Waals surface area (Å²) >= 11 is 1.18. The Morgan fingerprint density at radius 1 is 1.24 bits per heavy atom. The zero-order valence-corrected chi connectivity index (χ0v) is 15.1. The van der Waals surface area contributed by atoms with Crippen molar-refractivity contribution in [3.8, 4) is 0 Å². The van der Waals surface area contributed by atoms with Crippen molar-refractivity contribution in [1.82, 2.24) is 0 Å². The normalized spacial score (nSPS) is 18.9. The van der Waals surface area contributed by atoms with Crippen LogP contribution in [0.3, 0.4) is 0 Å². The molecule has 0 aliphatic heterocycles. The van der Waals surface area contributed by atoms with Gasteiger partial charge >= 0.3 is 121 Å². The van der Waals surface area contributed by atoms with Crippen molar-refractivity contribution in [3.05, 3.63) is 47.6 Å². The van der Waals surface area contributed by atoms with Gasteiger partial charge in [0.05, 0.1) is 0 Å². The molecule has 2 aliphatic carbocycles. The quantitative estimate of drug-likeness (QED) is 0.631. The molecular formula is C15H18HfSi. The first-order valence-corrected chi connectivity index (χ1v) is 10.5. The standard InChI is InChI=1S/C15H18Si.Hf/c1-16(2)12-15(14-9-5-6-10-14)11-13-7-3-4-8-13;/h3-7,9,12,15H,8,10H2,1-2H3;. The minimum atomic E-state index is -0.283. The van der Waals surface area contributed by atoms with Gasteiger partial charge in [0.25, 0.3) is 0 Å². The monoisotopic (exact) mass is 406 g/mol. The third kappa shape index (κ3) is 3.38. The molecule has 0 aromatic rings. The third-order valence-corrected chi connectivity index (χ3v) is 6.40. The molecule has 0 heterocycles. The van der Waals surface area contributed by atoms with Crippen molar-refractivity contribution < 1.29 is 23.9 Å². The van der Waals surface area contributed by atoms with Gasteiger partial charge in [-0.15, -0.1) is 0 Å². The van der Waals surface area contributed by atoms with E-state index in [-0.39, 0.29) is 8.41 Å². The number of allylic oxidation sites excluding steroid dienone is 8. The van der Waals surface area contributed by atoms with Crippen LogP contribution in [0.2, 0.25) is 13.1 Å². The molecule has 17 heavy (non-hydrogen) atoms. The summed E-state index contributed by atoms with van der Waals surface area (Å²) in [4.78, 5) is 0. The van der Waals surface area contributed by atoms with Gasteiger partial charge in [-0.05, 0) is 0 Å². The second kappa shape index (κ2) is 6.10. The fraction of sp³-hybridized carbons (Fsp3) is 0.333. The number of rotatable bonds is 4. The Labute approximate surface area is 120 Å². The average molecular weight is 405 g/mol. The molecule has 2 aliphatic rings. The van der Waals surface area contributed by atoms with Crippen molar-refractivity contribution in [2.24, 2.45) is 5.92 Å². The SMILES string of the molecule is C[Si](C)=CC([C](=[Hf])C1=CC=CC1)C1=CC=CC1. The predicted molar refractivity (Wildman–Crippen MR) is 75.7 cm³/mol. The van der Waals surface area contributed by atoms with E-state index >= 15 is 0 Å². The van der Waals surface area contributed by atoms with Gasteiger partial charge < -0.3 is 0 Å². The molecule has 1 unspecified atom stereocenters. The molecule has 86 valence electrons. The van der Waals surface area contributed by atoms with E-state index in [1.165, 1.54) is 23.9 Å². The second-order valence-electron chi connectivity index (χ2n) is 4.83. The number of hydrogen-bond donors (Lipinski definition) is 0. The van der Waals surface area contributed by atoms with Crippen LogP contribution in [-0.2, 0) is 23.9 Å². The fourth-order valence-corrected chi connectivity index (χ4v) is 5.53. The van der Waals surface area contributed by atoms with Crippen LogP contribution in [0.4, 0.5) is 0 Å². The Kier molecular flexibility index (Phi) is 4.75. The Morgan fingerprint density at radius 3 is 2.47 bits per heavy atom. The van der Waals surface area contributed by atoms with Gasteiger partial charge in [-0.25, -0.2) is 0 Å². The van der Waals surface area contributed by atoms with E-state index in [1.807, 2.05) is 0 Å². The van der Waals surface area contributed by atoms with Crippen LogP contribution in [0.25, 0.3) is 0 Å². The maximum atomic E-state index is 2.62. The van der Waals surface area contributed by atoms with Crippen LogP contribution in [0.1, 0.15) is 12.8 Å². The van der Waals surface area contributed by atoms with E-state index in [2.05, 4.69) is 55.2 Å². The van der Waals surface area contributed by atoms with Gasteiger partial charge in [0, 0.05) is 0 Å². The molecule has 0 aromatic heterocycles. The maximum absolute atomic E-state index is 2.62. The van der Waals surface area contributed by atoms with Crippen molar-refractivity contribution in [1.29, 1.82) is 0 Å². The molecule has 2 rings (SSSR count). The molecule has 0 fully saturated rings. The molecule has 0 saturated heterocycles. The molecule has 1 atom stereocenters. The summed E-state index contributed by atoms with van der Waals surface area (Å²) in [6.45, 7) is 4.77. The molecule has 0 spiro atoms. The Morgan fingerprint density at radius 2 is 1.94 bits per heavy atom. The van der Waals surface area contributed by atoms with Crippen LogP contribution >= 0.6 is 0 Å². The van der Waals surface area contributed by atoms with Gasteiger partial charge in [-0.2, -0.15) is 0 Å². The van der Waals surface area contributed by atoms with E-state index in [4.69, 9.17) is 0 Å². The van der Waals surface area contributed by atoms with Crippen molar-refractivity contribution in [2.75, 3.05) is 0 Å². The summed E-state index contributed by atoms with van der Waals surface area (Å²) < 4.78 is 1.69. The molecule has 0 radical (unpaired) electrons. The molecule has 0 saturated carbocycles. The first kappa shape index (κ1) is 13.2. The van der Waals surface area contributed by atoms with E-state index in [9.17, 15) is 0 Å². The number of hydrogen-bond acceptors (Lipinski definition) is 0. The van der Waals surface area contributed by atoms with Crippen LogP contribution in [-0.4, -0.2) is 17.3 Å². The van der Waals surface area contributed by atoms with Crippen molar-refractivity contribution in [3.63, 3.8) is 0 Å². The van der Waals surface area contributed by atoms with E-state index in [0.717, 1.165) is 12.8 Å². The molecule has 0 N–H and O–H groups in total. The van der Waals surface area contributed by atoms with Gasteiger partial charge in [-0.1, -0.05) is 0 Å². The first-order chi connectivity index (χ1) is 8.18. The first-order valence-electron chi connectivity index (χ1n) is 6.13. The topological polar surface area (TPSA) is 0 Å². The van der Waals surface area contributed by atoms with Gasteiger partial charge in [0.15, 0.2) is 0 Å². The van der Waals surface area contributed by atoms with Crippen LogP contribution in [0, 0.1) is 5.92 Å². The molecule has 0 amide bonds. The summed E-state index contributed by atoms with van der Waals surface area (Å²) in [6, 6.07) is 0. The summed E-state index contributed by atoms with van der Waals surface area (Å²) in [5.41, 5.74) is 5.80. The molecule has 0 bridgehead atoms. The summed E-state index contributed by atoms with van der Waals surface area (Å²) in [7, 11) is -0.283. The molecular weight excluding hydrogens is 387 g/mol.